The Hall–Kier alpha value is -1.17. The highest BCUT2D eigenvalue weighted by atomic mass is 32.2. The van der Waals surface area contributed by atoms with Crippen molar-refractivity contribution < 1.29 is 21.9 Å². The van der Waals surface area contributed by atoms with Crippen molar-refractivity contribution in [1.82, 2.24) is 0 Å². The van der Waals surface area contributed by atoms with E-state index in [2.05, 4.69) is 11.0 Å². The van der Waals surface area contributed by atoms with Crippen LogP contribution < -0.4 is 4.74 Å². The highest BCUT2D eigenvalue weighted by Crippen LogP contribution is 2.22. The fourth-order valence-corrected chi connectivity index (χ4v) is 1.78. The van der Waals surface area contributed by atoms with Gasteiger partial charge in [-0.15, -0.1) is 0 Å². The van der Waals surface area contributed by atoms with Crippen LogP contribution in [0, 0.1) is 6.26 Å². The van der Waals surface area contributed by atoms with Crippen LogP contribution in [0.3, 0.4) is 0 Å². The zero-order valence-corrected chi connectivity index (χ0v) is 8.51. The third-order valence-corrected chi connectivity index (χ3v) is 2.31. The van der Waals surface area contributed by atoms with E-state index < -0.39 is 22.2 Å². The molecule has 3 nitrogen and oxygen atoms in total. The molecular formula is C9H9F2O3S. The lowest BCUT2D eigenvalue weighted by molar-refractivity contribution is -0.0503. The molecule has 0 fully saturated rings. The third kappa shape index (κ3) is 4.24. The normalized spacial score (nSPS) is 11.7. The quantitative estimate of drug-likeness (QED) is 0.801. The molecule has 0 aliphatic carbocycles. The number of rotatable bonds is 4. The second-order valence-electron chi connectivity index (χ2n) is 2.87. The van der Waals surface area contributed by atoms with Gasteiger partial charge in [0.05, 0.1) is 12.0 Å². The molecule has 0 aliphatic heterocycles. The number of sulfone groups is 1. The summed E-state index contributed by atoms with van der Waals surface area (Å²) in [6.07, 6.45) is 2.92. The van der Waals surface area contributed by atoms with Crippen LogP contribution in [0.2, 0.25) is 0 Å². The molecule has 0 bridgehead atoms. The Balaban J connectivity index is 2.96. The minimum atomic E-state index is -3.51. The molecule has 0 unspecified atom stereocenters. The van der Waals surface area contributed by atoms with Gasteiger partial charge in [0, 0.05) is 5.56 Å². The molecule has 83 valence electrons. The van der Waals surface area contributed by atoms with Gasteiger partial charge in [0.1, 0.15) is 5.75 Å². The van der Waals surface area contributed by atoms with Crippen molar-refractivity contribution in [3.63, 3.8) is 0 Å². The van der Waals surface area contributed by atoms with Crippen LogP contribution in [0.15, 0.2) is 24.3 Å². The molecule has 1 aromatic carbocycles. The summed E-state index contributed by atoms with van der Waals surface area (Å²) >= 11 is 0. The molecule has 0 aromatic heterocycles. The zero-order chi connectivity index (χ0) is 11.5. The van der Waals surface area contributed by atoms with Crippen LogP contribution in [-0.2, 0) is 15.6 Å². The van der Waals surface area contributed by atoms with Crippen molar-refractivity contribution in [2.45, 2.75) is 12.4 Å². The summed E-state index contributed by atoms with van der Waals surface area (Å²) in [4.78, 5) is 0. The molecule has 15 heavy (non-hydrogen) atoms. The molecule has 6 heteroatoms. The van der Waals surface area contributed by atoms with Crippen molar-refractivity contribution in [3.8, 4) is 5.75 Å². The van der Waals surface area contributed by atoms with Gasteiger partial charge in [-0.1, -0.05) is 18.2 Å². The lowest BCUT2D eigenvalue weighted by Gasteiger charge is -2.09. The van der Waals surface area contributed by atoms with E-state index in [1.807, 2.05) is 0 Å². The van der Waals surface area contributed by atoms with Gasteiger partial charge in [0.15, 0.2) is 9.84 Å². The molecule has 0 heterocycles. The van der Waals surface area contributed by atoms with Crippen LogP contribution in [0.1, 0.15) is 5.56 Å². The monoisotopic (exact) mass is 235 g/mol. The maximum Gasteiger partial charge on any atom is 0.387 e. The van der Waals surface area contributed by atoms with Gasteiger partial charge in [-0.2, -0.15) is 8.78 Å². The van der Waals surface area contributed by atoms with E-state index in [9.17, 15) is 17.2 Å². The molecule has 1 rings (SSSR count). The summed E-state index contributed by atoms with van der Waals surface area (Å²) in [5.41, 5.74) is 0.174. The molecule has 0 N–H and O–H groups in total. The SMILES string of the molecule is [CH2]S(=O)(=O)Cc1ccccc1OC(F)F. The van der Waals surface area contributed by atoms with Crippen LogP contribution in [0.5, 0.6) is 5.75 Å². The summed E-state index contributed by atoms with van der Waals surface area (Å²) in [5, 5.41) is 0. The Bertz CT molecular complexity index is 429. The van der Waals surface area contributed by atoms with E-state index in [1.54, 1.807) is 6.07 Å². The minimum absolute atomic E-state index is 0.139. The lowest BCUT2D eigenvalue weighted by Crippen LogP contribution is -2.06. The number of benzene rings is 1. The van der Waals surface area contributed by atoms with E-state index in [0.717, 1.165) is 0 Å². The molecular weight excluding hydrogens is 226 g/mol. The molecule has 1 aromatic rings. The van der Waals surface area contributed by atoms with Crippen LogP contribution in [0.25, 0.3) is 0 Å². The zero-order valence-electron chi connectivity index (χ0n) is 7.69. The van der Waals surface area contributed by atoms with Crippen molar-refractivity contribution in [2.24, 2.45) is 0 Å². The number of alkyl halides is 2. The lowest BCUT2D eigenvalue weighted by atomic mass is 10.2. The predicted octanol–water partition coefficient (Wildman–Crippen LogP) is 1.99. The number of halogens is 2. The first-order valence-electron chi connectivity index (χ1n) is 3.97. The first-order valence-corrected chi connectivity index (χ1v) is 5.79. The van der Waals surface area contributed by atoms with E-state index in [4.69, 9.17) is 0 Å². The maximum absolute atomic E-state index is 11.9. The Labute approximate surface area is 86.6 Å². The number of hydrogen-bond donors (Lipinski definition) is 0. The smallest absolute Gasteiger partial charge is 0.387 e. The third-order valence-electron chi connectivity index (χ3n) is 1.56. The highest BCUT2D eigenvalue weighted by molar-refractivity contribution is 7.91. The number of hydrogen-bond acceptors (Lipinski definition) is 3. The molecule has 0 atom stereocenters. The first kappa shape index (κ1) is 11.9. The minimum Gasteiger partial charge on any atom is -0.435 e. The average molecular weight is 235 g/mol. The van der Waals surface area contributed by atoms with Crippen LogP contribution >= 0.6 is 0 Å². The number of para-hydroxylation sites is 1. The molecule has 0 saturated carbocycles. The van der Waals surface area contributed by atoms with Gasteiger partial charge in [-0.3, -0.25) is 0 Å². The van der Waals surface area contributed by atoms with Gasteiger partial charge >= 0.3 is 6.61 Å². The van der Waals surface area contributed by atoms with Crippen LogP contribution in [0.4, 0.5) is 8.78 Å². The van der Waals surface area contributed by atoms with E-state index >= 15 is 0 Å². The summed E-state index contributed by atoms with van der Waals surface area (Å²) in [5.74, 6) is -0.560. The second kappa shape index (κ2) is 4.57. The number of ether oxygens (including phenoxy) is 1. The maximum atomic E-state index is 11.9. The highest BCUT2D eigenvalue weighted by Gasteiger charge is 2.12. The average Bonchev–Trinajstić information content (AvgIpc) is 2.05. The fourth-order valence-electron chi connectivity index (χ4n) is 1.07. The second-order valence-corrected chi connectivity index (χ2v) is 4.65. The van der Waals surface area contributed by atoms with Gasteiger partial charge in [0.25, 0.3) is 0 Å². The van der Waals surface area contributed by atoms with Crippen LogP contribution in [-0.4, -0.2) is 15.0 Å². The molecule has 0 spiro atoms. The molecule has 0 aliphatic rings. The summed E-state index contributed by atoms with van der Waals surface area (Å²) in [7, 11) is -3.51. The van der Waals surface area contributed by atoms with Crippen molar-refractivity contribution >= 4 is 9.84 Å². The predicted molar refractivity (Wildman–Crippen MR) is 51.1 cm³/mol. The standard InChI is InChI=1S/C9H9F2O3S/c1-15(12,13)6-7-4-2-3-5-8(7)14-9(10)11/h2-5,9H,1,6H2. The summed E-state index contributed by atoms with van der Waals surface area (Å²) < 4.78 is 49.8. The van der Waals surface area contributed by atoms with Crippen molar-refractivity contribution in [1.29, 1.82) is 0 Å². The Morgan fingerprint density at radius 1 is 1.33 bits per heavy atom. The molecule has 0 saturated heterocycles. The molecule has 0 amide bonds. The Morgan fingerprint density at radius 2 is 1.93 bits per heavy atom. The van der Waals surface area contributed by atoms with E-state index in [1.165, 1.54) is 18.2 Å². The van der Waals surface area contributed by atoms with E-state index in [0.29, 0.717) is 0 Å². The van der Waals surface area contributed by atoms with Gasteiger partial charge in [0.2, 0.25) is 0 Å². The molecule has 1 radical (unpaired) electrons. The Kier molecular flexibility index (Phi) is 3.62. The fraction of sp³-hybridized carbons (Fsp3) is 0.222. The first-order chi connectivity index (χ1) is 6.88. The van der Waals surface area contributed by atoms with Gasteiger partial charge < -0.3 is 4.74 Å². The van der Waals surface area contributed by atoms with E-state index in [-0.39, 0.29) is 11.3 Å². The summed E-state index contributed by atoms with van der Waals surface area (Å²) in [6, 6.07) is 5.71. The van der Waals surface area contributed by atoms with Gasteiger partial charge in [-0.05, 0) is 6.07 Å². The summed E-state index contributed by atoms with van der Waals surface area (Å²) in [6.45, 7) is -2.97. The van der Waals surface area contributed by atoms with Crippen molar-refractivity contribution in [3.05, 3.63) is 36.1 Å². The Morgan fingerprint density at radius 3 is 2.47 bits per heavy atom. The topological polar surface area (TPSA) is 43.4 Å². The van der Waals surface area contributed by atoms with Gasteiger partial charge in [-0.25, -0.2) is 8.42 Å². The van der Waals surface area contributed by atoms with Crippen molar-refractivity contribution in [2.75, 3.05) is 0 Å². The largest absolute Gasteiger partial charge is 0.435 e.